The predicted molar refractivity (Wildman–Crippen MR) is 58.8 cm³/mol. The smallest absolute Gasteiger partial charge is 0.413 e. The van der Waals surface area contributed by atoms with Crippen molar-refractivity contribution in [2.45, 2.75) is 26.4 Å². The van der Waals surface area contributed by atoms with E-state index in [9.17, 15) is 9.59 Å². The summed E-state index contributed by atoms with van der Waals surface area (Å²) in [5, 5.41) is 18.0. The fourth-order valence-corrected chi connectivity index (χ4v) is 0.945. The number of amides is 1. The van der Waals surface area contributed by atoms with Crippen molar-refractivity contribution in [2.75, 3.05) is 5.32 Å². The zero-order valence-corrected chi connectivity index (χ0v) is 9.51. The number of nitrogens with one attached hydrogen (secondary N) is 1. The maximum absolute atomic E-state index is 11.3. The van der Waals surface area contributed by atoms with Crippen molar-refractivity contribution in [3.05, 3.63) is 17.8 Å². The van der Waals surface area contributed by atoms with Crippen LogP contribution in [0.2, 0.25) is 0 Å². The average molecular weight is 239 g/mol. The maximum atomic E-state index is 11.3. The number of aromatic carboxylic acids is 1. The molecule has 0 fully saturated rings. The van der Waals surface area contributed by atoms with E-state index in [0.717, 1.165) is 6.20 Å². The Hall–Kier alpha value is -2.18. The van der Waals surface area contributed by atoms with Crippen LogP contribution >= 0.6 is 0 Å². The number of hydrogen-bond acceptors (Lipinski definition) is 5. The molecular formula is C10H13N3O4. The Balaban J connectivity index is 2.65. The molecule has 1 aromatic heterocycles. The summed E-state index contributed by atoms with van der Waals surface area (Å²) in [6.07, 6.45) is 0.878. The third kappa shape index (κ3) is 4.06. The molecule has 92 valence electrons. The van der Waals surface area contributed by atoms with Crippen LogP contribution in [0.1, 0.15) is 30.6 Å². The fraction of sp³-hybridized carbons (Fsp3) is 0.400. The number of nitrogens with zero attached hydrogens (tertiary/aromatic N) is 2. The van der Waals surface area contributed by atoms with Gasteiger partial charge in [0.2, 0.25) is 0 Å². The van der Waals surface area contributed by atoms with Crippen LogP contribution in [0.5, 0.6) is 0 Å². The van der Waals surface area contributed by atoms with E-state index in [1.807, 2.05) is 6.92 Å². The predicted octanol–water partition coefficient (Wildman–Crippen LogP) is 1.52. The lowest BCUT2D eigenvalue weighted by molar-refractivity contribution is 0.0696. The minimum absolute atomic E-state index is 0.0400. The van der Waals surface area contributed by atoms with E-state index in [1.165, 1.54) is 6.07 Å². The van der Waals surface area contributed by atoms with Crippen LogP contribution in [0.25, 0.3) is 0 Å². The SMILES string of the molecule is CCC(C)OC(=O)Nc1cc(C(=O)O)cnn1. The van der Waals surface area contributed by atoms with Gasteiger partial charge >= 0.3 is 12.1 Å². The molecule has 1 heterocycles. The number of hydrogen-bond donors (Lipinski definition) is 2. The molecule has 17 heavy (non-hydrogen) atoms. The van der Waals surface area contributed by atoms with E-state index >= 15 is 0 Å². The van der Waals surface area contributed by atoms with Gasteiger partial charge in [0.05, 0.1) is 11.8 Å². The van der Waals surface area contributed by atoms with Gasteiger partial charge in [-0.25, -0.2) is 9.59 Å². The quantitative estimate of drug-likeness (QED) is 0.825. The molecule has 0 saturated carbocycles. The first kappa shape index (κ1) is 12.9. The Labute approximate surface area is 97.8 Å². The average Bonchev–Trinajstić information content (AvgIpc) is 2.28. The number of carboxylic acids is 1. The van der Waals surface area contributed by atoms with E-state index < -0.39 is 12.1 Å². The minimum atomic E-state index is -1.14. The first-order valence-electron chi connectivity index (χ1n) is 5.06. The van der Waals surface area contributed by atoms with Crippen molar-refractivity contribution in [1.29, 1.82) is 0 Å². The van der Waals surface area contributed by atoms with Crippen LogP contribution in [0.4, 0.5) is 10.6 Å². The van der Waals surface area contributed by atoms with Crippen LogP contribution in [0, 0.1) is 0 Å². The molecule has 0 spiro atoms. The van der Waals surface area contributed by atoms with E-state index in [1.54, 1.807) is 6.92 Å². The molecule has 1 aromatic rings. The fourth-order valence-electron chi connectivity index (χ4n) is 0.945. The van der Waals surface area contributed by atoms with E-state index in [-0.39, 0.29) is 17.5 Å². The standard InChI is InChI=1S/C10H13N3O4/c1-3-6(2)17-10(16)12-8-4-7(9(14)15)5-11-13-8/h4-6H,3H2,1-2H3,(H,14,15)(H,12,13,16). The summed E-state index contributed by atoms with van der Waals surface area (Å²) in [5.74, 6) is -1.10. The van der Waals surface area contributed by atoms with Crippen molar-refractivity contribution in [2.24, 2.45) is 0 Å². The molecule has 0 aromatic carbocycles. The summed E-state index contributed by atoms with van der Waals surface area (Å²) in [4.78, 5) is 22.0. The van der Waals surface area contributed by atoms with E-state index in [4.69, 9.17) is 9.84 Å². The molecule has 0 aliphatic rings. The Kier molecular flexibility index (Phi) is 4.38. The van der Waals surface area contributed by atoms with Crippen molar-refractivity contribution in [1.82, 2.24) is 10.2 Å². The van der Waals surface area contributed by atoms with Crippen LogP contribution in [-0.4, -0.2) is 33.5 Å². The number of carboxylic acid groups (broad SMARTS) is 1. The summed E-state index contributed by atoms with van der Waals surface area (Å²) >= 11 is 0. The van der Waals surface area contributed by atoms with Gasteiger partial charge < -0.3 is 9.84 Å². The van der Waals surface area contributed by atoms with E-state index in [0.29, 0.717) is 6.42 Å². The summed E-state index contributed by atoms with van der Waals surface area (Å²) in [6, 6.07) is 1.20. The normalized spacial score (nSPS) is 11.6. The number of carbonyl (C=O) groups excluding carboxylic acids is 1. The number of carbonyl (C=O) groups is 2. The van der Waals surface area contributed by atoms with Gasteiger partial charge in [0, 0.05) is 0 Å². The van der Waals surface area contributed by atoms with Gasteiger partial charge in [0.15, 0.2) is 5.82 Å². The van der Waals surface area contributed by atoms with Crippen LogP contribution in [0.15, 0.2) is 12.3 Å². The van der Waals surface area contributed by atoms with Crippen molar-refractivity contribution >= 4 is 17.9 Å². The molecule has 0 aliphatic heterocycles. The summed E-state index contributed by atoms with van der Waals surface area (Å²) < 4.78 is 4.94. The van der Waals surface area contributed by atoms with Gasteiger partial charge in [-0.1, -0.05) is 6.92 Å². The second kappa shape index (κ2) is 5.78. The molecule has 7 nitrogen and oxygen atoms in total. The molecule has 1 unspecified atom stereocenters. The van der Waals surface area contributed by atoms with Gasteiger partial charge in [-0.2, -0.15) is 5.10 Å². The molecule has 0 bridgehead atoms. The van der Waals surface area contributed by atoms with Crippen LogP contribution in [-0.2, 0) is 4.74 Å². The highest BCUT2D eigenvalue weighted by Gasteiger charge is 2.10. The molecule has 0 saturated heterocycles. The third-order valence-corrected chi connectivity index (χ3v) is 2.01. The highest BCUT2D eigenvalue weighted by molar-refractivity contribution is 5.90. The number of anilines is 1. The van der Waals surface area contributed by atoms with Gasteiger partial charge in [0.25, 0.3) is 0 Å². The topological polar surface area (TPSA) is 101 Å². The summed E-state index contributed by atoms with van der Waals surface area (Å²) in [5.41, 5.74) is -0.0566. The Morgan fingerprint density at radius 1 is 1.59 bits per heavy atom. The van der Waals surface area contributed by atoms with Gasteiger partial charge in [0.1, 0.15) is 6.10 Å². The highest BCUT2D eigenvalue weighted by Crippen LogP contribution is 2.06. The zero-order valence-electron chi connectivity index (χ0n) is 9.51. The summed E-state index contributed by atoms with van der Waals surface area (Å²) in [7, 11) is 0. The first-order chi connectivity index (χ1) is 8.02. The van der Waals surface area contributed by atoms with Gasteiger partial charge in [-0.3, -0.25) is 5.32 Å². The number of ether oxygens (including phenoxy) is 1. The minimum Gasteiger partial charge on any atom is -0.478 e. The van der Waals surface area contributed by atoms with Crippen molar-refractivity contribution in [3.8, 4) is 0 Å². The second-order valence-electron chi connectivity index (χ2n) is 3.38. The van der Waals surface area contributed by atoms with Crippen LogP contribution < -0.4 is 5.32 Å². The maximum Gasteiger partial charge on any atom is 0.413 e. The lowest BCUT2D eigenvalue weighted by atomic mass is 10.3. The van der Waals surface area contributed by atoms with Crippen LogP contribution in [0.3, 0.4) is 0 Å². The van der Waals surface area contributed by atoms with Gasteiger partial charge in [-0.05, 0) is 19.4 Å². The zero-order chi connectivity index (χ0) is 12.8. The molecule has 1 rings (SSSR count). The largest absolute Gasteiger partial charge is 0.478 e. The molecule has 1 amide bonds. The summed E-state index contributed by atoms with van der Waals surface area (Å²) in [6.45, 7) is 3.63. The molecule has 7 heteroatoms. The molecule has 0 radical (unpaired) electrons. The monoisotopic (exact) mass is 239 g/mol. The second-order valence-corrected chi connectivity index (χ2v) is 3.38. The lowest BCUT2D eigenvalue weighted by Crippen LogP contribution is -2.20. The van der Waals surface area contributed by atoms with Gasteiger partial charge in [-0.15, -0.1) is 5.10 Å². The van der Waals surface area contributed by atoms with Crippen molar-refractivity contribution < 1.29 is 19.4 Å². The molecular weight excluding hydrogens is 226 g/mol. The highest BCUT2D eigenvalue weighted by atomic mass is 16.6. The number of aromatic nitrogens is 2. The lowest BCUT2D eigenvalue weighted by Gasteiger charge is -2.10. The Morgan fingerprint density at radius 3 is 2.88 bits per heavy atom. The molecule has 2 N–H and O–H groups in total. The third-order valence-electron chi connectivity index (χ3n) is 2.01. The number of rotatable bonds is 4. The Morgan fingerprint density at radius 2 is 2.29 bits per heavy atom. The van der Waals surface area contributed by atoms with Crippen molar-refractivity contribution in [3.63, 3.8) is 0 Å². The Bertz CT molecular complexity index is 422. The molecule has 1 atom stereocenters. The van der Waals surface area contributed by atoms with E-state index in [2.05, 4.69) is 15.5 Å². The first-order valence-corrected chi connectivity index (χ1v) is 5.06. The molecule has 0 aliphatic carbocycles.